The minimum absolute atomic E-state index is 0.284. The maximum Gasteiger partial charge on any atom is 0.319 e. The summed E-state index contributed by atoms with van der Waals surface area (Å²) in [4.78, 5) is 24.2. The third kappa shape index (κ3) is 5.30. The Morgan fingerprint density at radius 3 is 2.35 bits per heavy atom. The number of urea groups is 1. The minimum atomic E-state index is -0.366. The number of para-hydroxylation sites is 2. The van der Waals surface area contributed by atoms with Gasteiger partial charge in [-0.3, -0.25) is 4.79 Å². The van der Waals surface area contributed by atoms with Crippen molar-refractivity contribution in [2.75, 3.05) is 23.1 Å². The van der Waals surface area contributed by atoms with E-state index in [-0.39, 0.29) is 11.9 Å². The second-order valence-corrected chi connectivity index (χ2v) is 5.17. The van der Waals surface area contributed by atoms with Crippen LogP contribution >= 0.6 is 11.6 Å². The van der Waals surface area contributed by atoms with Gasteiger partial charge >= 0.3 is 6.03 Å². The Labute approximate surface area is 140 Å². The number of hydrogen-bond donors (Lipinski definition) is 3. The Balaban J connectivity index is 2.04. The highest BCUT2D eigenvalue weighted by molar-refractivity contribution is 6.17. The fraction of sp³-hybridized carbons (Fsp3) is 0.176. The smallest absolute Gasteiger partial charge is 0.319 e. The fourth-order valence-electron chi connectivity index (χ4n) is 1.95. The predicted octanol–water partition coefficient (Wildman–Crippen LogP) is 3.69. The summed E-state index contributed by atoms with van der Waals surface area (Å²) in [6.07, 6.45) is 0.686. The van der Waals surface area contributed by atoms with E-state index in [1.54, 1.807) is 36.4 Å². The molecule has 0 bridgehead atoms. The van der Waals surface area contributed by atoms with E-state index >= 15 is 0 Å². The molecule has 0 heterocycles. The first-order chi connectivity index (χ1) is 11.2. The molecular formula is C17H18ClN3O2. The zero-order valence-electron chi connectivity index (χ0n) is 12.5. The number of anilines is 2. The highest BCUT2D eigenvalue weighted by atomic mass is 35.5. The molecule has 0 fully saturated rings. The highest BCUT2D eigenvalue weighted by Gasteiger charge is 2.13. The second kappa shape index (κ2) is 8.80. The third-order valence-corrected chi connectivity index (χ3v) is 3.31. The Morgan fingerprint density at radius 2 is 1.61 bits per heavy atom. The standard InChI is InChI=1S/C17H18ClN3O2/c18-11-6-12-19-17(23)21-15-10-5-4-9-14(15)16(22)20-13-7-2-1-3-8-13/h1-5,7-10H,6,11-12H2,(H,20,22)(H2,19,21,23). The summed E-state index contributed by atoms with van der Waals surface area (Å²) in [7, 11) is 0. The van der Waals surface area contributed by atoms with Crippen molar-refractivity contribution in [1.29, 1.82) is 0 Å². The lowest BCUT2D eigenvalue weighted by atomic mass is 10.1. The number of benzene rings is 2. The van der Waals surface area contributed by atoms with Crippen molar-refractivity contribution in [2.24, 2.45) is 0 Å². The molecule has 0 radical (unpaired) electrons. The zero-order valence-corrected chi connectivity index (χ0v) is 13.3. The van der Waals surface area contributed by atoms with E-state index in [1.807, 2.05) is 18.2 Å². The Bertz CT molecular complexity index is 662. The quantitative estimate of drug-likeness (QED) is 0.558. The summed E-state index contributed by atoms with van der Waals surface area (Å²) in [6, 6.07) is 15.6. The van der Waals surface area contributed by atoms with Crippen LogP contribution in [0.15, 0.2) is 54.6 Å². The van der Waals surface area contributed by atoms with Gasteiger partial charge < -0.3 is 16.0 Å². The molecule has 5 nitrogen and oxygen atoms in total. The van der Waals surface area contributed by atoms with Crippen LogP contribution in [0.5, 0.6) is 0 Å². The van der Waals surface area contributed by atoms with Crippen LogP contribution in [0.3, 0.4) is 0 Å². The third-order valence-electron chi connectivity index (χ3n) is 3.05. The van der Waals surface area contributed by atoms with Gasteiger partial charge in [0.2, 0.25) is 0 Å². The number of amides is 3. The average molecular weight is 332 g/mol. The molecule has 0 unspecified atom stereocenters. The molecule has 0 spiro atoms. The molecule has 2 aromatic carbocycles. The normalized spacial score (nSPS) is 9.96. The molecular weight excluding hydrogens is 314 g/mol. The van der Waals surface area contributed by atoms with Gasteiger partial charge in [0.15, 0.2) is 0 Å². The largest absolute Gasteiger partial charge is 0.338 e. The van der Waals surface area contributed by atoms with Crippen LogP contribution < -0.4 is 16.0 Å². The molecule has 120 valence electrons. The molecule has 2 rings (SSSR count). The van der Waals surface area contributed by atoms with Crippen LogP contribution in [0.1, 0.15) is 16.8 Å². The van der Waals surface area contributed by atoms with Gasteiger partial charge in [-0.1, -0.05) is 30.3 Å². The first-order valence-electron chi connectivity index (χ1n) is 7.27. The van der Waals surface area contributed by atoms with Crippen LogP contribution in [0, 0.1) is 0 Å². The van der Waals surface area contributed by atoms with E-state index in [1.165, 1.54) is 0 Å². The van der Waals surface area contributed by atoms with Crippen molar-refractivity contribution in [3.63, 3.8) is 0 Å². The summed E-state index contributed by atoms with van der Waals surface area (Å²) < 4.78 is 0. The molecule has 0 saturated heterocycles. The van der Waals surface area contributed by atoms with Crippen LogP contribution in [-0.4, -0.2) is 24.4 Å². The van der Waals surface area contributed by atoms with E-state index < -0.39 is 0 Å². The van der Waals surface area contributed by atoms with Crippen LogP contribution in [0.4, 0.5) is 16.2 Å². The maximum absolute atomic E-state index is 12.4. The van der Waals surface area contributed by atoms with Crippen molar-refractivity contribution >= 4 is 34.9 Å². The Hall–Kier alpha value is -2.53. The summed E-state index contributed by atoms with van der Waals surface area (Å²) in [5, 5.41) is 8.16. The number of hydrogen-bond acceptors (Lipinski definition) is 2. The summed E-state index contributed by atoms with van der Waals surface area (Å²) in [6.45, 7) is 0.480. The van der Waals surface area contributed by atoms with E-state index in [9.17, 15) is 9.59 Å². The number of alkyl halides is 1. The van der Waals surface area contributed by atoms with Crippen molar-refractivity contribution in [3.8, 4) is 0 Å². The molecule has 0 aromatic heterocycles. The molecule has 6 heteroatoms. The van der Waals surface area contributed by atoms with Crippen LogP contribution in [0.2, 0.25) is 0 Å². The Kier molecular flexibility index (Phi) is 6.44. The van der Waals surface area contributed by atoms with E-state index in [0.29, 0.717) is 35.8 Å². The lowest BCUT2D eigenvalue weighted by Crippen LogP contribution is -2.30. The first kappa shape index (κ1) is 16.8. The van der Waals surface area contributed by atoms with Crippen LogP contribution in [-0.2, 0) is 0 Å². The van der Waals surface area contributed by atoms with Gasteiger partial charge in [-0.15, -0.1) is 11.6 Å². The number of nitrogens with one attached hydrogen (secondary N) is 3. The topological polar surface area (TPSA) is 70.2 Å². The number of carbonyl (C=O) groups excluding carboxylic acids is 2. The molecule has 0 saturated carbocycles. The summed E-state index contributed by atoms with van der Waals surface area (Å²) in [5.41, 5.74) is 1.53. The molecule has 0 atom stereocenters. The number of halogens is 1. The number of carbonyl (C=O) groups is 2. The van der Waals surface area contributed by atoms with Gasteiger partial charge in [0.1, 0.15) is 0 Å². The number of rotatable bonds is 6. The zero-order chi connectivity index (χ0) is 16.5. The maximum atomic E-state index is 12.4. The van der Waals surface area contributed by atoms with Gasteiger partial charge in [0.05, 0.1) is 11.3 Å². The monoisotopic (exact) mass is 331 g/mol. The molecule has 0 aliphatic carbocycles. The SMILES string of the molecule is O=C(NCCCCl)Nc1ccccc1C(=O)Nc1ccccc1. The molecule has 2 aromatic rings. The lowest BCUT2D eigenvalue weighted by Gasteiger charge is -2.12. The van der Waals surface area contributed by atoms with Crippen molar-refractivity contribution in [2.45, 2.75) is 6.42 Å². The van der Waals surface area contributed by atoms with Crippen molar-refractivity contribution in [3.05, 3.63) is 60.2 Å². The summed E-state index contributed by atoms with van der Waals surface area (Å²) >= 11 is 5.56. The molecule has 0 aliphatic heterocycles. The van der Waals surface area contributed by atoms with Crippen LogP contribution in [0.25, 0.3) is 0 Å². The minimum Gasteiger partial charge on any atom is -0.338 e. The lowest BCUT2D eigenvalue weighted by molar-refractivity contribution is 0.102. The van der Waals surface area contributed by atoms with E-state index in [4.69, 9.17) is 11.6 Å². The molecule has 23 heavy (non-hydrogen) atoms. The van der Waals surface area contributed by atoms with Gasteiger partial charge in [0, 0.05) is 18.1 Å². The fourth-order valence-corrected chi connectivity index (χ4v) is 2.08. The van der Waals surface area contributed by atoms with Gasteiger partial charge in [-0.25, -0.2) is 4.79 Å². The predicted molar refractivity (Wildman–Crippen MR) is 93.2 cm³/mol. The van der Waals surface area contributed by atoms with Gasteiger partial charge in [-0.2, -0.15) is 0 Å². The van der Waals surface area contributed by atoms with Gasteiger partial charge in [0.25, 0.3) is 5.91 Å². The average Bonchev–Trinajstić information content (AvgIpc) is 2.56. The Morgan fingerprint density at radius 1 is 0.913 bits per heavy atom. The molecule has 3 amide bonds. The van der Waals surface area contributed by atoms with E-state index in [0.717, 1.165) is 0 Å². The molecule has 0 aliphatic rings. The van der Waals surface area contributed by atoms with Gasteiger partial charge in [-0.05, 0) is 30.7 Å². The molecule has 3 N–H and O–H groups in total. The first-order valence-corrected chi connectivity index (χ1v) is 7.80. The summed E-state index contributed by atoms with van der Waals surface area (Å²) in [5.74, 6) is 0.198. The second-order valence-electron chi connectivity index (χ2n) is 4.79. The van der Waals surface area contributed by atoms with E-state index in [2.05, 4.69) is 16.0 Å². The van der Waals surface area contributed by atoms with Crippen molar-refractivity contribution < 1.29 is 9.59 Å². The van der Waals surface area contributed by atoms with Crippen molar-refractivity contribution in [1.82, 2.24) is 5.32 Å². The highest BCUT2D eigenvalue weighted by Crippen LogP contribution is 2.17.